The lowest BCUT2D eigenvalue weighted by Crippen LogP contribution is -2.50. The summed E-state index contributed by atoms with van der Waals surface area (Å²) < 4.78 is 0. The third-order valence-corrected chi connectivity index (χ3v) is 11.0. The first kappa shape index (κ1) is 23.8. The van der Waals surface area contributed by atoms with Gasteiger partial charge in [0, 0.05) is 0 Å². The third kappa shape index (κ3) is 4.30. The van der Waals surface area contributed by atoms with E-state index in [2.05, 4.69) is 33.8 Å². The highest BCUT2D eigenvalue weighted by molar-refractivity contribution is 5.25. The summed E-state index contributed by atoms with van der Waals surface area (Å²) in [6.45, 7) is 11.9. The Hall–Kier alpha value is -0.340. The fraction of sp³-hybridized carbons (Fsp3) is 0.931. The summed E-state index contributed by atoms with van der Waals surface area (Å²) in [5, 5.41) is 20.8. The molecule has 0 spiro atoms. The summed E-state index contributed by atoms with van der Waals surface area (Å²) in [7, 11) is 0. The Morgan fingerprint density at radius 2 is 1.87 bits per heavy atom. The van der Waals surface area contributed by atoms with Crippen molar-refractivity contribution < 1.29 is 10.2 Å². The van der Waals surface area contributed by atoms with Gasteiger partial charge in [0.1, 0.15) is 0 Å². The minimum absolute atomic E-state index is 0.0976. The Morgan fingerprint density at radius 3 is 2.61 bits per heavy atom. The second-order valence-corrected chi connectivity index (χ2v) is 13.0. The van der Waals surface area contributed by atoms with Gasteiger partial charge in [-0.15, -0.1) is 0 Å². The SMILES string of the molecule is CCCC(C)(O)CCCC(C)[C@H]1CC[C@H]2[C@@H]3CC=C4C[C@@H](O)CC[C@]4(C)[C@H]3CC[C@]12C. The van der Waals surface area contributed by atoms with Crippen molar-refractivity contribution in [3.8, 4) is 0 Å². The summed E-state index contributed by atoms with van der Waals surface area (Å²) in [6.07, 6.45) is 17.9. The zero-order valence-electron chi connectivity index (χ0n) is 21.1. The van der Waals surface area contributed by atoms with Crippen LogP contribution in [0, 0.1) is 40.4 Å². The molecule has 2 heteroatoms. The van der Waals surface area contributed by atoms with Crippen molar-refractivity contribution in [1.82, 2.24) is 0 Å². The number of hydrogen-bond acceptors (Lipinski definition) is 2. The zero-order valence-corrected chi connectivity index (χ0v) is 21.1. The molecule has 9 atom stereocenters. The lowest BCUT2D eigenvalue weighted by atomic mass is 9.47. The Balaban J connectivity index is 1.42. The molecule has 0 aromatic rings. The normalized spacial score (nSPS) is 45.1. The van der Waals surface area contributed by atoms with Gasteiger partial charge in [0.2, 0.25) is 0 Å². The van der Waals surface area contributed by atoms with Gasteiger partial charge >= 0.3 is 0 Å². The number of aliphatic hydroxyl groups excluding tert-OH is 1. The van der Waals surface area contributed by atoms with E-state index in [1.807, 2.05) is 6.92 Å². The molecule has 4 aliphatic rings. The van der Waals surface area contributed by atoms with Gasteiger partial charge in [-0.1, -0.05) is 58.6 Å². The van der Waals surface area contributed by atoms with Gasteiger partial charge in [0.05, 0.1) is 11.7 Å². The summed E-state index contributed by atoms with van der Waals surface area (Å²) in [6, 6.07) is 0. The van der Waals surface area contributed by atoms with E-state index >= 15 is 0 Å². The van der Waals surface area contributed by atoms with E-state index in [-0.39, 0.29) is 6.10 Å². The van der Waals surface area contributed by atoms with Crippen LogP contribution < -0.4 is 0 Å². The molecule has 0 amide bonds. The monoisotopic (exact) mass is 430 g/mol. The minimum atomic E-state index is -0.468. The third-order valence-electron chi connectivity index (χ3n) is 11.0. The first-order valence-corrected chi connectivity index (χ1v) is 13.7. The van der Waals surface area contributed by atoms with Crippen LogP contribution in [0.5, 0.6) is 0 Å². The Kier molecular flexibility index (Phi) is 6.75. The molecule has 0 saturated heterocycles. The molecule has 2 unspecified atom stereocenters. The highest BCUT2D eigenvalue weighted by Crippen LogP contribution is 2.67. The average molecular weight is 431 g/mol. The van der Waals surface area contributed by atoms with Gasteiger partial charge in [0.25, 0.3) is 0 Å². The molecule has 0 aliphatic heterocycles. The van der Waals surface area contributed by atoms with Crippen LogP contribution in [0.1, 0.15) is 118 Å². The van der Waals surface area contributed by atoms with Crippen LogP contribution in [0.15, 0.2) is 11.6 Å². The highest BCUT2D eigenvalue weighted by Gasteiger charge is 2.59. The molecular formula is C29H50O2. The van der Waals surface area contributed by atoms with E-state index in [0.29, 0.717) is 10.8 Å². The molecule has 31 heavy (non-hydrogen) atoms. The van der Waals surface area contributed by atoms with Crippen molar-refractivity contribution >= 4 is 0 Å². The second kappa shape index (κ2) is 8.79. The van der Waals surface area contributed by atoms with Gasteiger partial charge in [0.15, 0.2) is 0 Å². The maximum absolute atomic E-state index is 10.6. The van der Waals surface area contributed by atoms with Gasteiger partial charge in [-0.05, 0) is 112 Å². The van der Waals surface area contributed by atoms with E-state index in [4.69, 9.17) is 0 Å². The molecule has 0 heterocycles. The summed E-state index contributed by atoms with van der Waals surface area (Å²) in [5.74, 6) is 4.24. The zero-order chi connectivity index (χ0) is 22.4. The van der Waals surface area contributed by atoms with E-state index in [9.17, 15) is 10.2 Å². The average Bonchev–Trinajstić information content (AvgIpc) is 3.05. The summed E-state index contributed by atoms with van der Waals surface area (Å²) >= 11 is 0. The maximum atomic E-state index is 10.6. The first-order chi connectivity index (χ1) is 14.6. The molecule has 0 bridgehead atoms. The molecule has 3 saturated carbocycles. The minimum Gasteiger partial charge on any atom is -0.393 e. The van der Waals surface area contributed by atoms with Crippen molar-refractivity contribution in [3.05, 3.63) is 11.6 Å². The molecule has 2 N–H and O–H groups in total. The van der Waals surface area contributed by atoms with Gasteiger partial charge in [-0.2, -0.15) is 0 Å². The number of allylic oxidation sites excluding steroid dienone is 1. The predicted octanol–water partition coefficient (Wildman–Crippen LogP) is 7.28. The molecule has 0 radical (unpaired) electrons. The fourth-order valence-corrected chi connectivity index (χ4v) is 9.29. The standard InChI is InChI=1S/C29H50O2/c1-6-15-27(3,31)16-7-8-20(2)24-11-12-25-23-10-9-21-19-22(30)13-17-28(21,4)26(23)14-18-29(24,25)5/h9,20,22-26,30-31H,6-8,10-19H2,1-5H3/t20?,22-,23-,24+,25-,26-,27?,28-,29+/m0/s1. The van der Waals surface area contributed by atoms with Crippen LogP contribution in [-0.4, -0.2) is 21.9 Å². The van der Waals surface area contributed by atoms with E-state index in [1.54, 1.807) is 5.57 Å². The van der Waals surface area contributed by atoms with Gasteiger partial charge in [-0.3, -0.25) is 0 Å². The molecule has 2 nitrogen and oxygen atoms in total. The van der Waals surface area contributed by atoms with Crippen LogP contribution in [-0.2, 0) is 0 Å². The molecular weight excluding hydrogens is 380 g/mol. The smallest absolute Gasteiger partial charge is 0.0619 e. The van der Waals surface area contributed by atoms with Crippen LogP contribution in [0.3, 0.4) is 0 Å². The molecule has 4 rings (SSSR count). The fourth-order valence-electron chi connectivity index (χ4n) is 9.29. The van der Waals surface area contributed by atoms with Crippen LogP contribution in [0.2, 0.25) is 0 Å². The number of aliphatic hydroxyl groups is 2. The molecule has 4 aliphatic carbocycles. The topological polar surface area (TPSA) is 40.5 Å². The number of fused-ring (bicyclic) bond motifs is 5. The summed E-state index contributed by atoms with van der Waals surface area (Å²) in [5.41, 5.74) is 2.00. The second-order valence-electron chi connectivity index (χ2n) is 13.0. The van der Waals surface area contributed by atoms with E-state index < -0.39 is 5.60 Å². The van der Waals surface area contributed by atoms with Crippen molar-refractivity contribution in [1.29, 1.82) is 0 Å². The first-order valence-electron chi connectivity index (χ1n) is 13.7. The molecule has 3 fully saturated rings. The van der Waals surface area contributed by atoms with E-state index in [0.717, 1.165) is 61.7 Å². The maximum Gasteiger partial charge on any atom is 0.0619 e. The Morgan fingerprint density at radius 1 is 1.10 bits per heavy atom. The van der Waals surface area contributed by atoms with Crippen LogP contribution >= 0.6 is 0 Å². The van der Waals surface area contributed by atoms with Crippen LogP contribution in [0.4, 0.5) is 0 Å². The molecule has 0 aromatic heterocycles. The summed E-state index contributed by atoms with van der Waals surface area (Å²) in [4.78, 5) is 0. The number of rotatable bonds is 7. The lowest BCUT2D eigenvalue weighted by molar-refractivity contribution is -0.0576. The predicted molar refractivity (Wildman–Crippen MR) is 130 cm³/mol. The van der Waals surface area contributed by atoms with E-state index in [1.165, 1.54) is 51.4 Å². The highest BCUT2D eigenvalue weighted by atomic mass is 16.3. The van der Waals surface area contributed by atoms with Crippen molar-refractivity contribution in [3.63, 3.8) is 0 Å². The molecule has 178 valence electrons. The van der Waals surface area contributed by atoms with Crippen molar-refractivity contribution in [2.75, 3.05) is 0 Å². The number of hydrogen-bond donors (Lipinski definition) is 2. The quantitative estimate of drug-likeness (QED) is 0.416. The van der Waals surface area contributed by atoms with Crippen molar-refractivity contribution in [2.24, 2.45) is 40.4 Å². The Bertz CT molecular complexity index is 666. The van der Waals surface area contributed by atoms with Gasteiger partial charge < -0.3 is 10.2 Å². The van der Waals surface area contributed by atoms with Crippen molar-refractivity contribution in [2.45, 2.75) is 130 Å². The Labute approximate surface area is 192 Å². The van der Waals surface area contributed by atoms with Crippen LogP contribution in [0.25, 0.3) is 0 Å². The molecule has 0 aromatic carbocycles. The lowest BCUT2D eigenvalue weighted by Gasteiger charge is -2.58. The van der Waals surface area contributed by atoms with Gasteiger partial charge in [-0.25, -0.2) is 0 Å². The largest absolute Gasteiger partial charge is 0.393 e.